The molecule has 0 spiro atoms. The number of hydrogen-bond donors (Lipinski definition) is 0. The minimum absolute atomic E-state index is 0.326. The molecule has 0 atom stereocenters. The van der Waals surface area contributed by atoms with Gasteiger partial charge in [-0.05, 0) is 26.7 Å². The zero-order valence-corrected chi connectivity index (χ0v) is 11.9. The second-order valence-corrected chi connectivity index (χ2v) is 4.23. The van der Waals surface area contributed by atoms with Crippen LogP contribution in [0.3, 0.4) is 0 Å². The fourth-order valence-electron chi connectivity index (χ4n) is 1.14. The summed E-state index contributed by atoms with van der Waals surface area (Å²) < 4.78 is 10.1. The van der Waals surface area contributed by atoms with Gasteiger partial charge < -0.3 is 9.47 Å². The molecule has 0 amide bonds. The van der Waals surface area contributed by atoms with Gasteiger partial charge in [-0.15, -0.1) is 0 Å². The molecule has 0 fully saturated rings. The monoisotopic (exact) mass is 256 g/mol. The third-order valence-electron chi connectivity index (χ3n) is 2.64. The van der Waals surface area contributed by atoms with Crippen molar-refractivity contribution >= 4 is 11.9 Å². The van der Waals surface area contributed by atoms with Crippen molar-refractivity contribution in [2.75, 3.05) is 13.2 Å². The number of unbranched alkanes of at least 4 members (excludes halogenated alkanes) is 2. The molecule has 0 aromatic heterocycles. The molecular weight excluding hydrogens is 232 g/mol. The topological polar surface area (TPSA) is 52.6 Å². The lowest BCUT2D eigenvalue weighted by atomic mass is 10.1. The van der Waals surface area contributed by atoms with Crippen LogP contribution in [-0.2, 0) is 19.1 Å². The Morgan fingerprint density at radius 1 is 0.778 bits per heavy atom. The Labute approximate surface area is 109 Å². The average molecular weight is 256 g/mol. The zero-order chi connectivity index (χ0) is 14.0. The predicted molar refractivity (Wildman–Crippen MR) is 70.1 cm³/mol. The van der Waals surface area contributed by atoms with E-state index in [4.69, 9.17) is 9.47 Å². The van der Waals surface area contributed by atoms with E-state index in [0.717, 1.165) is 25.7 Å². The Morgan fingerprint density at radius 3 is 1.39 bits per heavy atom. The van der Waals surface area contributed by atoms with Crippen molar-refractivity contribution < 1.29 is 19.1 Å². The van der Waals surface area contributed by atoms with Crippen molar-refractivity contribution in [3.05, 3.63) is 11.1 Å². The fourth-order valence-corrected chi connectivity index (χ4v) is 1.14. The van der Waals surface area contributed by atoms with Crippen molar-refractivity contribution in [1.82, 2.24) is 0 Å². The Balaban J connectivity index is 4.30. The molecule has 0 aliphatic carbocycles. The lowest BCUT2D eigenvalue weighted by Crippen LogP contribution is -2.14. The maximum Gasteiger partial charge on any atom is 0.334 e. The molecule has 104 valence electrons. The van der Waals surface area contributed by atoms with Gasteiger partial charge in [-0.25, -0.2) is 9.59 Å². The molecule has 0 aromatic carbocycles. The lowest BCUT2D eigenvalue weighted by Gasteiger charge is -2.08. The molecule has 0 heterocycles. The van der Waals surface area contributed by atoms with Crippen LogP contribution in [-0.4, -0.2) is 25.2 Å². The van der Waals surface area contributed by atoms with Crippen LogP contribution in [0, 0.1) is 0 Å². The maximum absolute atomic E-state index is 11.6. The highest BCUT2D eigenvalue weighted by atomic mass is 16.5. The van der Waals surface area contributed by atoms with Gasteiger partial charge in [-0.1, -0.05) is 26.7 Å². The summed E-state index contributed by atoms with van der Waals surface area (Å²) in [6.07, 6.45) is 3.60. The van der Waals surface area contributed by atoms with Gasteiger partial charge in [-0.2, -0.15) is 0 Å². The molecule has 0 unspecified atom stereocenters. The van der Waals surface area contributed by atoms with Crippen molar-refractivity contribution in [1.29, 1.82) is 0 Å². The van der Waals surface area contributed by atoms with E-state index in [2.05, 4.69) is 0 Å². The molecule has 0 aromatic rings. The van der Waals surface area contributed by atoms with Gasteiger partial charge in [0, 0.05) is 11.1 Å². The smallest absolute Gasteiger partial charge is 0.334 e. The van der Waals surface area contributed by atoms with Crippen LogP contribution in [0.25, 0.3) is 0 Å². The molecule has 0 saturated heterocycles. The zero-order valence-electron chi connectivity index (χ0n) is 11.9. The number of carbonyl (C=O) groups is 2. The minimum atomic E-state index is -0.437. The third-order valence-corrected chi connectivity index (χ3v) is 2.64. The predicted octanol–water partition coefficient (Wildman–Crippen LogP) is 3.01. The van der Waals surface area contributed by atoms with Crippen LogP contribution in [0.4, 0.5) is 0 Å². The van der Waals surface area contributed by atoms with Crippen LogP contribution in [0.5, 0.6) is 0 Å². The van der Waals surface area contributed by atoms with Gasteiger partial charge in [0.05, 0.1) is 13.2 Å². The fraction of sp³-hybridized carbons (Fsp3) is 0.714. The summed E-state index contributed by atoms with van der Waals surface area (Å²) in [7, 11) is 0. The number of ether oxygens (including phenoxy) is 2. The van der Waals surface area contributed by atoms with Crippen molar-refractivity contribution in [3.8, 4) is 0 Å². The van der Waals surface area contributed by atoms with Gasteiger partial charge in [-0.3, -0.25) is 0 Å². The normalized spacial score (nSPS) is 11.8. The Kier molecular flexibility index (Phi) is 8.97. The van der Waals surface area contributed by atoms with Gasteiger partial charge >= 0.3 is 11.9 Å². The van der Waals surface area contributed by atoms with E-state index in [1.54, 1.807) is 13.8 Å². The number of rotatable bonds is 8. The first kappa shape index (κ1) is 16.7. The van der Waals surface area contributed by atoms with Crippen molar-refractivity contribution in [2.45, 2.75) is 53.4 Å². The molecule has 0 saturated carbocycles. The number of hydrogen-bond acceptors (Lipinski definition) is 4. The molecule has 4 nitrogen and oxygen atoms in total. The third kappa shape index (κ3) is 6.42. The second kappa shape index (κ2) is 9.68. The highest BCUT2D eigenvalue weighted by Crippen LogP contribution is 2.08. The molecular formula is C14H24O4. The van der Waals surface area contributed by atoms with Crippen LogP contribution < -0.4 is 0 Å². The summed E-state index contributed by atoms with van der Waals surface area (Å²) in [6, 6.07) is 0. The van der Waals surface area contributed by atoms with E-state index in [1.165, 1.54) is 0 Å². The highest BCUT2D eigenvalue weighted by Gasteiger charge is 2.15. The van der Waals surface area contributed by atoms with E-state index >= 15 is 0 Å². The number of carbonyl (C=O) groups excluding carboxylic acids is 2. The molecule has 18 heavy (non-hydrogen) atoms. The first-order chi connectivity index (χ1) is 8.54. The Hall–Kier alpha value is -1.32. The molecule has 4 heteroatoms. The van der Waals surface area contributed by atoms with E-state index in [9.17, 15) is 9.59 Å². The Morgan fingerprint density at radius 2 is 1.11 bits per heavy atom. The summed E-state index contributed by atoms with van der Waals surface area (Å²) in [6.45, 7) is 8.00. The molecule has 0 radical (unpaired) electrons. The SMILES string of the molecule is CCCCOC(=O)/C(C)=C(/C)C(=O)OCCCC. The minimum Gasteiger partial charge on any atom is -0.462 e. The van der Waals surface area contributed by atoms with Crippen LogP contribution in [0.1, 0.15) is 53.4 Å². The molecule has 0 N–H and O–H groups in total. The van der Waals surface area contributed by atoms with E-state index in [1.807, 2.05) is 13.8 Å². The van der Waals surface area contributed by atoms with Gasteiger partial charge in [0.25, 0.3) is 0 Å². The van der Waals surface area contributed by atoms with Crippen molar-refractivity contribution in [2.24, 2.45) is 0 Å². The highest BCUT2D eigenvalue weighted by molar-refractivity contribution is 5.99. The lowest BCUT2D eigenvalue weighted by molar-refractivity contribution is -0.142. The summed E-state index contributed by atoms with van der Waals surface area (Å²) in [5, 5.41) is 0. The van der Waals surface area contributed by atoms with Gasteiger partial charge in [0.2, 0.25) is 0 Å². The van der Waals surface area contributed by atoms with E-state index in [-0.39, 0.29) is 0 Å². The first-order valence-corrected chi connectivity index (χ1v) is 6.56. The molecule has 0 aliphatic heterocycles. The number of esters is 2. The molecule has 0 bridgehead atoms. The standard InChI is InChI=1S/C14H24O4/c1-5-7-9-17-13(15)11(3)12(4)14(16)18-10-8-6-2/h5-10H2,1-4H3/b12-11-. The van der Waals surface area contributed by atoms with E-state index in [0.29, 0.717) is 24.4 Å². The molecule has 0 rings (SSSR count). The summed E-state index contributed by atoms with van der Waals surface area (Å²) >= 11 is 0. The van der Waals surface area contributed by atoms with E-state index < -0.39 is 11.9 Å². The second-order valence-electron chi connectivity index (χ2n) is 4.23. The first-order valence-electron chi connectivity index (χ1n) is 6.56. The molecule has 0 aliphatic rings. The maximum atomic E-state index is 11.6. The Bertz CT molecular complexity index is 275. The summed E-state index contributed by atoms with van der Waals surface area (Å²) in [4.78, 5) is 23.2. The average Bonchev–Trinajstić information content (AvgIpc) is 2.37. The van der Waals surface area contributed by atoms with Crippen LogP contribution >= 0.6 is 0 Å². The van der Waals surface area contributed by atoms with Crippen molar-refractivity contribution in [3.63, 3.8) is 0 Å². The summed E-state index contributed by atoms with van der Waals surface area (Å²) in [5.74, 6) is -0.873. The summed E-state index contributed by atoms with van der Waals surface area (Å²) in [5.41, 5.74) is 0.653. The van der Waals surface area contributed by atoms with Crippen LogP contribution in [0.15, 0.2) is 11.1 Å². The van der Waals surface area contributed by atoms with Gasteiger partial charge in [0.1, 0.15) is 0 Å². The van der Waals surface area contributed by atoms with Gasteiger partial charge in [0.15, 0.2) is 0 Å². The quantitative estimate of drug-likeness (QED) is 0.380. The largest absolute Gasteiger partial charge is 0.462 e. The van der Waals surface area contributed by atoms with Crippen LogP contribution in [0.2, 0.25) is 0 Å².